The fraction of sp³-hybridized carbons (Fsp3) is 0.935. The van der Waals surface area contributed by atoms with Gasteiger partial charge >= 0.3 is 0 Å². The molecule has 33 heavy (non-hydrogen) atoms. The van der Waals surface area contributed by atoms with Crippen molar-refractivity contribution in [2.45, 2.75) is 131 Å². The van der Waals surface area contributed by atoms with Crippen LogP contribution in [-0.2, 0) is 4.74 Å². The molecule has 0 aromatic carbocycles. The van der Waals surface area contributed by atoms with Crippen molar-refractivity contribution >= 4 is 0 Å². The molecule has 0 radical (unpaired) electrons. The Morgan fingerprint density at radius 2 is 1.82 bits per heavy atom. The van der Waals surface area contributed by atoms with E-state index < -0.39 is 0 Å². The molecule has 0 spiro atoms. The van der Waals surface area contributed by atoms with Gasteiger partial charge in [-0.3, -0.25) is 0 Å². The molecule has 0 aromatic heterocycles. The van der Waals surface area contributed by atoms with Crippen LogP contribution in [0.2, 0.25) is 0 Å². The maximum absolute atomic E-state index is 10.4. The summed E-state index contributed by atoms with van der Waals surface area (Å²) in [5.74, 6) is 4.68. The van der Waals surface area contributed by atoms with Crippen LogP contribution in [0.3, 0.4) is 0 Å². The average molecular weight is 459 g/mol. The summed E-state index contributed by atoms with van der Waals surface area (Å²) in [6.45, 7) is 15.3. The van der Waals surface area contributed by atoms with Crippen LogP contribution in [0.5, 0.6) is 0 Å². The normalized spacial score (nSPS) is 42.3. The molecule has 0 saturated heterocycles. The first-order valence-corrected chi connectivity index (χ1v) is 14.7. The number of rotatable bonds is 9. The van der Waals surface area contributed by atoms with Gasteiger partial charge in [-0.1, -0.05) is 59.6 Å². The highest BCUT2D eigenvalue weighted by molar-refractivity contribution is 5.25. The van der Waals surface area contributed by atoms with Crippen molar-refractivity contribution in [3.05, 3.63) is 11.6 Å². The highest BCUT2D eigenvalue weighted by Crippen LogP contribution is 2.67. The molecule has 4 aliphatic rings. The van der Waals surface area contributed by atoms with Gasteiger partial charge in [0.1, 0.15) is 0 Å². The van der Waals surface area contributed by atoms with Crippen molar-refractivity contribution in [1.29, 1.82) is 0 Å². The van der Waals surface area contributed by atoms with E-state index in [-0.39, 0.29) is 6.10 Å². The maximum atomic E-state index is 10.4. The number of aliphatic hydroxyl groups is 1. The molecule has 9 atom stereocenters. The molecule has 2 nitrogen and oxygen atoms in total. The predicted molar refractivity (Wildman–Crippen MR) is 139 cm³/mol. The maximum Gasteiger partial charge on any atom is 0.0612 e. The number of aliphatic hydroxyl groups excluding tert-OH is 1. The van der Waals surface area contributed by atoms with Gasteiger partial charge in [0.2, 0.25) is 0 Å². The van der Waals surface area contributed by atoms with Crippen molar-refractivity contribution in [1.82, 2.24) is 0 Å². The first-order valence-electron chi connectivity index (χ1n) is 14.7. The number of ether oxygens (including phenoxy) is 1. The Hall–Kier alpha value is -0.340. The van der Waals surface area contributed by atoms with Gasteiger partial charge in [0.25, 0.3) is 0 Å². The van der Waals surface area contributed by atoms with E-state index in [1.165, 1.54) is 70.6 Å². The molecule has 190 valence electrons. The van der Waals surface area contributed by atoms with Crippen LogP contribution in [0.15, 0.2) is 11.6 Å². The van der Waals surface area contributed by atoms with Crippen molar-refractivity contribution in [2.75, 3.05) is 6.61 Å². The molecule has 0 amide bonds. The fourth-order valence-electron chi connectivity index (χ4n) is 9.11. The van der Waals surface area contributed by atoms with Gasteiger partial charge in [0.05, 0.1) is 12.2 Å². The Kier molecular flexibility index (Phi) is 8.06. The molecule has 0 aromatic rings. The summed E-state index contributed by atoms with van der Waals surface area (Å²) in [5.41, 5.74) is 2.71. The largest absolute Gasteiger partial charge is 0.393 e. The molecule has 1 unspecified atom stereocenters. The highest BCUT2D eigenvalue weighted by atomic mass is 16.5. The fourth-order valence-corrected chi connectivity index (χ4v) is 9.11. The Morgan fingerprint density at radius 3 is 2.55 bits per heavy atom. The van der Waals surface area contributed by atoms with E-state index in [1.807, 2.05) is 0 Å². The SMILES string of the molecule is CCCCO[C@H]1CC[C@@]2(C)C(=CC[C@H]3[C@@H]4CC[C@H]([C@H](C)CCC(O)C(C)C)[C@@]4(C)CC[C@@H]32)C1. The van der Waals surface area contributed by atoms with Crippen LogP contribution in [0.4, 0.5) is 0 Å². The minimum Gasteiger partial charge on any atom is -0.393 e. The Balaban J connectivity index is 1.43. The number of hydrogen-bond donors (Lipinski definition) is 1. The van der Waals surface area contributed by atoms with Gasteiger partial charge in [-0.05, 0) is 117 Å². The summed E-state index contributed by atoms with van der Waals surface area (Å²) in [7, 11) is 0. The zero-order valence-corrected chi connectivity index (χ0v) is 22.7. The standard InChI is InChI=1S/C31H54O2/c1-7-8-19-33-24-15-17-30(5)23(20-24)10-11-25-27-13-12-26(31(27,6)18-16-28(25)30)22(4)9-14-29(32)21(2)3/h10,21-22,24-29,32H,7-9,11-20H2,1-6H3/t22-,24+,25+,26-,27+,28+,29?,30+,31-/m1/s1. The van der Waals surface area contributed by atoms with Crippen LogP contribution in [0, 0.1) is 46.3 Å². The van der Waals surface area contributed by atoms with Crippen molar-refractivity contribution < 1.29 is 9.84 Å². The molecule has 0 heterocycles. The first-order chi connectivity index (χ1) is 15.7. The second-order valence-corrected chi connectivity index (χ2v) is 13.4. The van der Waals surface area contributed by atoms with Gasteiger partial charge in [0, 0.05) is 6.61 Å². The van der Waals surface area contributed by atoms with Crippen LogP contribution in [0.1, 0.15) is 119 Å². The van der Waals surface area contributed by atoms with Gasteiger partial charge in [-0.2, -0.15) is 0 Å². The number of fused-ring (bicyclic) bond motifs is 5. The summed E-state index contributed by atoms with van der Waals surface area (Å²) < 4.78 is 6.27. The predicted octanol–water partition coefficient (Wildman–Crippen LogP) is 8.18. The minimum atomic E-state index is -0.129. The Morgan fingerprint density at radius 1 is 1.03 bits per heavy atom. The van der Waals surface area contributed by atoms with Crippen molar-refractivity contribution in [2.24, 2.45) is 46.3 Å². The van der Waals surface area contributed by atoms with Crippen LogP contribution < -0.4 is 0 Å². The van der Waals surface area contributed by atoms with Crippen LogP contribution in [-0.4, -0.2) is 23.9 Å². The number of hydrogen-bond acceptors (Lipinski definition) is 2. The quantitative estimate of drug-likeness (QED) is 0.279. The van der Waals surface area contributed by atoms with Gasteiger partial charge in [0.15, 0.2) is 0 Å². The molecule has 3 saturated carbocycles. The van der Waals surface area contributed by atoms with Gasteiger partial charge in [-0.15, -0.1) is 0 Å². The monoisotopic (exact) mass is 458 g/mol. The lowest BCUT2D eigenvalue weighted by molar-refractivity contribution is -0.0645. The van der Waals surface area contributed by atoms with Crippen LogP contribution in [0.25, 0.3) is 0 Å². The van der Waals surface area contributed by atoms with Gasteiger partial charge < -0.3 is 9.84 Å². The van der Waals surface area contributed by atoms with Crippen LogP contribution >= 0.6 is 0 Å². The third kappa shape index (κ3) is 4.87. The summed E-state index contributed by atoms with van der Waals surface area (Å²) in [5, 5.41) is 10.4. The average Bonchev–Trinajstić information content (AvgIpc) is 3.14. The molecular formula is C31H54O2. The lowest BCUT2D eigenvalue weighted by Gasteiger charge is -2.58. The zero-order valence-electron chi connectivity index (χ0n) is 22.7. The third-order valence-corrected chi connectivity index (χ3v) is 11.4. The van der Waals surface area contributed by atoms with E-state index in [1.54, 1.807) is 5.57 Å². The summed E-state index contributed by atoms with van der Waals surface area (Å²) in [6, 6.07) is 0. The number of unbranched alkanes of at least 4 members (excludes halogenated alkanes) is 1. The topological polar surface area (TPSA) is 29.5 Å². The van der Waals surface area contributed by atoms with E-state index in [0.29, 0.717) is 22.9 Å². The zero-order chi connectivity index (χ0) is 23.8. The number of allylic oxidation sites excluding steroid dienone is 1. The third-order valence-electron chi connectivity index (χ3n) is 11.4. The van der Waals surface area contributed by atoms with Crippen molar-refractivity contribution in [3.63, 3.8) is 0 Å². The smallest absolute Gasteiger partial charge is 0.0612 e. The molecule has 4 aliphatic carbocycles. The Labute approximate surface area is 205 Å². The highest BCUT2D eigenvalue weighted by Gasteiger charge is 2.59. The summed E-state index contributed by atoms with van der Waals surface area (Å²) in [4.78, 5) is 0. The van der Waals surface area contributed by atoms with E-state index >= 15 is 0 Å². The minimum absolute atomic E-state index is 0.129. The van der Waals surface area contributed by atoms with Gasteiger partial charge in [-0.25, -0.2) is 0 Å². The molecule has 0 bridgehead atoms. The molecule has 0 aliphatic heterocycles. The molecule has 2 heteroatoms. The van der Waals surface area contributed by atoms with Crippen molar-refractivity contribution in [3.8, 4) is 0 Å². The molecule has 4 rings (SSSR count). The lowest BCUT2D eigenvalue weighted by Crippen LogP contribution is -2.51. The molecular weight excluding hydrogens is 404 g/mol. The second kappa shape index (κ2) is 10.3. The summed E-state index contributed by atoms with van der Waals surface area (Å²) in [6.07, 6.45) is 18.5. The molecule has 1 N–H and O–H groups in total. The molecule has 3 fully saturated rings. The van der Waals surface area contributed by atoms with E-state index in [4.69, 9.17) is 4.74 Å². The van der Waals surface area contributed by atoms with E-state index in [9.17, 15) is 5.11 Å². The van der Waals surface area contributed by atoms with E-state index in [0.717, 1.165) is 42.6 Å². The summed E-state index contributed by atoms with van der Waals surface area (Å²) >= 11 is 0. The second-order valence-electron chi connectivity index (χ2n) is 13.4. The van der Waals surface area contributed by atoms with E-state index in [2.05, 4.69) is 47.6 Å². The first kappa shape index (κ1) is 25.7. The lowest BCUT2D eigenvalue weighted by atomic mass is 9.47. The Bertz CT molecular complexity index is 682.